The first-order valence-corrected chi connectivity index (χ1v) is 8.65. The van der Waals surface area contributed by atoms with Crippen LogP contribution in [0.3, 0.4) is 0 Å². The Morgan fingerprint density at radius 1 is 1.08 bits per heavy atom. The van der Waals surface area contributed by atoms with Crippen LogP contribution in [-0.4, -0.2) is 11.7 Å². The van der Waals surface area contributed by atoms with Crippen molar-refractivity contribution < 1.29 is 13.6 Å². The number of ether oxygens (including phenoxy) is 1. The van der Waals surface area contributed by atoms with Crippen molar-refractivity contribution in [3.63, 3.8) is 0 Å². The van der Waals surface area contributed by atoms with E-state index >= 15 is 0 Å². The van der Waals surface area contributed by atoms with Gasteiger partial charge in [0.2, 0.25) is 0 Å². The Bertz CT molecular complexity index is 1010. The molecule has 3 aromatic heterocycles. The Kier molecular flexibility index (Phi) is 4.26. The molecule has 0 atom stereocenters. The summed E-state index contributed by atoms with van der Waals surface area (Å²) in [5.74, 6) is 2.44. The van der Waals surface area contributed by atoms with Crippen LogP contribution in [0.1, 0.15) is 5.76 Å². The van der Waals surface area contributed by atoms with Crippen molar-refractivity contribution in [1.29, 1.82) is 0 Å². The maximum atomic E-state index is 5.57. The van der Waals surface area contributed by atoms with E-state index in [4.69, 9.17) is 18.6 Å². The van der Waals surface area contributed by atoms with Gasteiger partial charge in [-0.25, -0.2) is 4.99 Å². The molecule has 0 aliphatic carbocycles. The molecule has 0 bridgehead atoms. The number of aromatic nitrogens is 1. The van der Waals surface area contributed by atoms with Crippen LogP contribution in [0.4, 0.5) is 5.69 Å². The molecule has 0 radical (unpaired) electrons. The van der Waals surface area contributed by atoms with E-state index in [1.807, 2.05) is 53.9 Å². The molecule has 4 aromatic rings. The van der Waals surface area contributed by atoms with Gasteiger partial charge >= 0.3 is 0 Å². The predicted molar refractivity (Wildman–Crippen MR) is 96.0 cm³/mol. The van der Waals surface area contributed by atoms with E-state index in [9.17, 15) is 0 Å². The highest BCUT2D eigenvalue weighted by Crippen LogP contribution is 2.23. The zero-order valence-electron chi connectivity index (χ0n) is 13.6. The lowest BCUT2D eigenvalue weighted by atomic mass is 10.3. The molecule has 0 amide bonds. The number of nitrogens with zero attached hydrogens (tertiary/aromatic N) is 2. The minimum atomic E-state index is 0.579. The number of methoxy groups -OCH3 is 1. The number of furan rings is 2. The number of thiazole rings is 1. The van der Waals surface area contributed by atoms with Gasteiger partial charge in [0, 0.05) is 11.4 Å². The fourth-order valence-electron chi connectivity index (χ4n) is 2.54. The molecule has 0 spiro atoms. The predicted octanol–water partition coefficient (Wildman–Crippen LogP) is 4.69. The minimum Gasteiger partial charge on any atom is -0.497 e. The summed E-state index contributed by atoms with van der Waals surface area (Å²) < 4.78 is 18.4. The van der Waals surface area contributed by atoms with Crippen molar-refractivity contribution in [2.24, 2.45) is 4.99 Å². The van der Waals surface area contributed by atoms with Crippen LogP contribution in [0.25, 0.3) is 11.5 Å². The normalized spacial score (nSPS) is 11.8. The fraction of sp³-hybridized carbons (Fsp3) is 0.105. The summed E-state index contributed by atoms with van der Waals surface area (Å²) in [6.45, 7) is 0.579. The lowest BCUT2D eigenvalue weighted by Crippen LogP contribution is -2.16. The third-order valence-electron chi connectivity index (χ3n) is 3.74. The Hall–Kier alpha value is -2.99. The van der Waals surface area contributed by atoms with Crippen molar-refractivity contribution in [3.05, 3.63) is 77.0 Å². The largest absolute Gasteiger partial charge is 0.497 e. The Labute approximate surface area is 148 Å². The second-order valence-electron chi connectivity index (χ2n) is 5.36. The van der Waals surface area contributed by atoms with Gasteiger partial charge < -0.3 is 18.1 Å². The van der Waals surface area contributed by atoms with Crippen LogP contribution in [-0.2, 0) is 6.54 Å². The first-order chi connectivity index (χ1) is 12.3. The van der Waals surface area contributed by atoms with Crippen LogP contribution in [0.15, 0.2) is 80.3 Å². The Morgan fingerprint density at radius 2 is 1.96 bits per heavy atom. The molecule has 0 unspecified atom stereocenters. The molecule has 0 fully saturated rings. The molecular formula is C19H16N2O3S. The topological polar surface area (TPSA) is 52.8 Å². The van der Waals surface area contributed by atoms with Gasteiger partial charge in [0.25, 0.3) is 0 Å². The molecule has 6 heteroatoms. The molecule has 25 heavy (non-hydrogen) atoms. The minimum absolute atomic E-state index is 0.579. The molecule has 3 heterocycles. The lowest BCUT2D eigenvalue weighted by Gasteiger charge is -2.05. The average Bonchev–Trinajstić information content (AvgIpc) is 3.38. The lowest BCUT2D eigenvalue weighted by molar-refractivity contribution is 0.415. The van der Waals surface area contributed by atoms with Crippen molar-refractivity contribution >= 4 is 17.0 Å². The summed E-state index contributed by atoms with van der Waals surface area (Å²) >= 11 is 1.56. The molecule has 0 N–H and O–H groups in total. The summed E-state index contributed by atoms with van der Waals surface area (Å²) in [7, 11) is 1.65. The monoisotopic (exact) mass is 352 g/mol. The van der Waals surface area contributed by atoms with Gasteiger partial charge in [-0.1, -0.05) is 6.07 Å². The second kappa shape index (κ2) is 6.86. The Balaban J connectivity index is 1.82. The van der Waals surface area contributed by atoms with Crippen LogP contribution >= 0.6 is 11.3 Å². The summed E-state index contributed by atoms with van der Waals surface area (Å²) in [5.41, 5.74) is 1.80. The summed E-state index contributed by atoms with van der Waals surface area (Å²) in [6.07, 6.45) is 3.34. The third kappa shape index (κ3) is 3.29. The van der Waals surface area contributed by atoms with Gasteiger partial charge in [-0.05, 0) is 36.4 Å². The molecule has 4 rings (SSSR count). The van der Waals surface area contributed by atoms with Crippen LogP contribution in [0, 0.1) is 0 Å². The van der Waals surface area contributed by atoms with Crippen LogP contribution in [0.5, 0.6) is 5.75 Å². The fourth-order valence-corrected chi connectivity index (χ4v) is 3.45. The van der Waals surface area contributed by atoms with E-state index in [-0.39, 0.29) is 0 Å². The van der Waals surface area contributed by atoms with Crippen LogP contribution < -0.4 is 9.54 Å². The van der Waals surface area contributed by atoms with E-state index in [0.29, 0.717) is 6.54 Å². The quantitative estimate of drug-likeness (QED) is 0.523. The highest BCUT2D eigenvalue weighted by Gasteiger charge is 2.12. The van der Waals surface area contributed by atoms with Crippen LogP contribution in [0.2, 0.25) is 0 Å². The maximum Gasteiger partial charge on any atom is 0.190 e. The number of benzene rings is 1. The van der Waals surface area contributed by atoms with Gasteiger partial charge in [-0.15, -0.1) is 11.3 Å². The van der Waals surface area contributed by atoms with E-state index in [1.165, 1.54) is 0 Å². The number of hydrogen-bond donors (Lipinski definition) is 0. The van der Waals surface area contributed by atoms with Gasteiger partial charge in [0.1, 0.15) is 11.5 Å². The smallest absolute Gasteiger partial charge is 0.190 e. The maximum absolute atomic E-state index is 5.57. The molecule has 0 aliphatic heterocycles. The van der Waals surface area contributed by atoms with Gasteiger partial charge in [0.05, 0.1) is 37.6 Å². The third-order valence-corrected chi connectivity index (χ3v) is 4.61. The average molecular weight is 352 g/mol. The van der Waals surface area contributed by atoms with Crippen molar-refractivity contribution in [1.82, 2.24) is 4.57 Å². The zero-order chi connectivity index (χ0) is 17.1. The SMILES string of the molecule is COc1cccc(N=c2scc(-c3ccco3)n2Cc2ccco2)c1. The van der Waals surface area contributed by atoms with E-state index < -0.39 is 0 Å². The van der Waals surface area contributed by atoms with Crippen molar-refractivity contribution in [2.45, 2.75) is 6.54 Å². The molecule has 0 aliphatic rings. The molecule has 1 aromatic carbocycles. The van der Waals surface area contributed by atoms with Crippen molar-refractivity contribution in [2.75, 3.05) is 7.11 Å². The summed E-state index contributed by atoms with van der Waals surface area (Å²) in [4.78, 5) is 5.64. The molecular weight excluding hydrogens is 336 g/mol. The first-order valence-electron chi connectivity index (χ1n) is 7.77. The van der Waals surface area contributed by atoms with Gasteiger partial charge in [0.15, 0.2) is 10.6 Å². The molecule has 0 saturated heterocycles. The highest BCUT2D eigenvalue weighted by atomic mass is 32.1. The zero-order valence-corrected chi connectivity index (χ0v) is 14.4. The van der Waals surface area contributed by atoms with E-state index in [1.54, 1.807) is 31.0 Å². The van der Waals surface area contributed by atoms with Gasteiger partial charge in [-0.2, -0.15) is 0 Å². The molecule has 5 nitrogen and oxygen atoms in total. The Morgan fingerprint density at radius 3 is 2.72 bits per heavy atom. The van der Waals surface area contributed by atoms with E-state index in [2.05, 4.69) is 4.57 Å². The van der Waals surface area contributed by atoms with Crippen molar-refractivity contribution in [3.8, 4) is 17.2 Å². The molecule has 126 valence electrons. The molecule has 0 saturated carbocycles. The van der Waals surface area contributed by atoms with Gasteiger partial charge in [-0.3, -0.25) is 0 Å². The number of hydrogen-bond acceptors (Lipinski definition) is 5. The summed E-state index contributed by atoms with van der Waals surface area (Å²) in [5, 5.41) is 2.04. The number of rotatable bonds is 5. The van der Waals surface area contributed by atoms with E-state index in [0.717, 1.165) is 33.5 Å². The second-order valence-corrected chi connectivity index (χ2v) is 6.20. The standard InChI is InChI=1S/C19H16N2O3S/c1-22-15-6-2-5-14(11-15)20-19-21(12-16-7-3-9-23-16)17(13-25-19)18-8-4-10-24-18/h2-11,13H,12H2,1H3. The first kappa shape index (κ1) is 15.5. The summed E-state index contributed by atoms with van der Waals surface area (Å²) in [6, 6.07) is 15.3. The highest BCUT2D eigenvalue weighted by molar-refractivity contribution is 7.07.